The molecule has 0 radical (unpaired) electrons. The van der Waals surface area contributed by atoms with Gasteiger partial charge in [0.05, 0.1) is 11.5 Å². The van der Waals surface area contributed by atoms with E-state index in [2.05, 4.69) is 5.32 Å². The fourth-order valence-electron chi connectivity index (χ4n) is 2.15. The predicted molar refractivity (Wildman–Crippen MR) is 81.8 cm³/mol. The van der Waals surface area contributed by atoms with E-state index >= 15 is 0 Å². The van der Waals surface area contributed by atoms with Gasteiger partial charge in [-0.05, 0) is 49.9 Å². The number of nitrogens with one attached hydrogen (secondary N) is 1. The summed E-state index contributed by atoms with van der Waals surface area (Å²) in [6.07, 6.45) is -1.90. The standard InChI is InChI=1S/C15H18F3NO.C2H6/c1-10(20)14(9-19-8-11-2-3-11)12-4-6-13(7-5-12)15(16,17)18;1-2/h4-7,11,14,19H,2-3,8-9H2,1H3;1-2H3. The van der Waals surface area contributed by atoms with Gasteiger partial charge in [-0.25, -0.2) is 0 Å². The Labute approximate surface area is 130 Å². The molecule has 0 amide bonds. The maximum Gasteiger partial charge on any atom is 0.416 e. The van der Waals surface area contributed by atoms with Gasteiger partial charge in [-0.15, -0.1) is 0 Å². The monoisotopic (exact) mass is 315 g/mol. The lowest BCUT2D eigenvalue weighted by molar-refractivity contribution is -0.137. The van der Waals surface area contributed by atoms with Crippen LogP contribution in [-0.4, -0.2) is 18.9 Å². The van der Waals surface area contributed by atoms with Gasteiger partial charge in [-0.2, -0.15) is 13.2 Å². The summed E-state index contributed by atoms with van der Waals surface area (Å²) in [5, 5.41) is 3.23. The van der Waals surface area contributed by atoms with E-state index in [0.29, 0.717) is 18.0 Å². The molecule has 1 aromatic carbocycles. The number of ketones is 1. The first-order valence-corrected chi connectivity index (χ1v) is 7.76. The molecular weight excluding hydrogens is 291 g/mol. The number of alkyl halides is 3. The minimum absolute atomic E-state index is 0.0342. The summed E-state index contributed by atoms with van der Waals surface area (Å²) in [5.74, 6) is 0.291. The summed E-state index contributed by atoms with van der Waals surface area (Å²) in [4.78, 5) is 11.7. The average molecular weight is 315 g/mol. The van der Waals surface area contributed by atoms with Gasteiger partial charge >= 0.3 is 6.18 Å². The second kappa shape index (κ2) is 8.32. The van der Waals surface area contributed by atoms with Gasteiger partial charge in [0.1, 0.15) is 5.78 Å². The topological polar surface area (TPSA) is 29.1 Å². The highest BCUT2D eigenvalue weighted by Crippen LogP contribution is 2.30. The molecule has 1 aliphatic rings. The average Bonchev–Trinajstić information content (AvgIpc) is 3.29. The molecule has 0 aromatic heterocycles. The molecule has 1 atom stereocenters. The molecule has 0 aliphatic heterocycles. The van der Waals surface area contributed by atoms with Crippen LogP contribution in [0.5, 0.6) is 0 Å². The predicted octanol–water partition coefficient (Wildman–Crippen LogP) is 4.40. The lowest BCUT2D eigenvalue weighted by atomic mass is 9.94. The van der Waals surface area contributed by atoms with Gasteiger partial charge in [-0.1, -0.05) is 26.0 Å². The van der Waals surface area contributed by atoms with Crippen LogP contribution < -0.4 is 5.32 Å². The molecule has 1 aliphatic carbocycles. The molecule has 1 unspecified atom stereocenters. The molecule has 1 N–H and O–H groups in total. The SMILES string of the molecule is CC.CC(=O)C(CNCC1CC1)c1ccc(C(F)(F)F)cc1. The van der Waals surface area contributed by atoms with Gasteiger partial charge in [0, 0.05) is 6.54 Å². The maximum absolute atomic E-state index is 12.5. The van der Waals surface area contributed by atoms with Crippen molar-refractivity contribution in [2.24, 2.45) is 5.92 Å². The second-order valence-corrected chi connectivity index (χ2v) is 5.38. The summed E-state index contributed by atoms with van der Waals surface area (Å²) >= 11 is 0. The van der Waals surface area contributed by atoms with E-state index in [-0.39, 0.29) is 11.7 Å². The molecule has 1 saturated carbocycles. The number of benzene rings is 1. The largest absolute Gasteiger partial charge is 0.416 e. The molecule has 0 spiro atoms. The van der Waals surface area contributed by atoms with Crippen molar-refractivity contribution < 1.29 is 18.0 Å². The third-order valence-corrected chi connectivity index (χ3v) is 3.61. The molecule has 0 saturated heterocycles. The molecule has 0 heterocycles. The van der Waals surface area contributed by atoms with Crippen LogP contribution in [0.3, 0.4) is 0 Å². The Morgan fingerprint density at radius 2 is 1.77 bits per heavy atom. The van der Waals surface area contributed by atoms with E-state index < -0.39 is 11.7 Å². The van der Waals surface area contributed by atoms with Crippen molar-refractivity contribution in [1.29, 1.82) is 0 Å². The quantitative estimate of drug-likeness (QED) is 0.843. The van der Waals surface area contributed by atoms with E-state index in [9.17, 15) is 18.0 Å². The van der Waals surface area contributed by atoms with Gasteiger partial charge in [-0.3, -0.25) is 4.79 Å². The van der Waals surface area contributed by atoms with E-state index in [1.807, 2.05) is 13.8 Å². The van der Waals surface area contributed by atoms with Gasteiger partial charge in [0.15, 0.2) is 0 Å². The molecule has 22 heavy (non-hydrogen) atoms. The third-order valence-electron chi connectivity index (χ3n) is 3.61. The van der Waals surface area contributed by atoms with Crippen LogP contribution in [0.2, 0.25) is 0 Å². The Hall–Kier alpha value is -1.36. The first-order chi connectivity index (χ1) is 10.4. The first kappa shape index (κ1) is 18.7. The van der Waals surface area contributed by atoms with Crippen molar-refractivity contribution in [3.63, 3.8) is 0 Å². The Kier molecular flexibility index (Phi) is 7.07. The zero-order valence-electron chi connectivity index (χ0n) is 13.3. The van der Waals surface area contributed by atoms with E-state index in [4.69, 9.17) is 0 Å². The molecular formula is C17H24F3NO. The van der Waals surface area contributed by atoms with Crippen LogP contribution in [0.1, 0.15) is 50.7 Å². The summed E-state index contributed by atoms with van der Waals surface area (Å²) in [6, 6.07) is 4.86. The maximum atomic E-state index is 12.5. The summed E-state index contributed by atoms with van der Waals surface area (Å²) in [6.45, 7) is 6.84. The number of rotatable bonds is 6. The number of Topliss-reactive ketones (excluding diaryl/α,β-unsaturated/α-hetero) is 1. The van der Waals surface area contributed by atoms with Crippen LogP contribution in [0.4, 0.5) is 13.2 Å². The molecule has 2 rings (SSSR count). The van der Waals surface area contributed by atoms with E-state index in [0.717, 1.165) is 18.7 Å². The van der Waals surface area contributed by atoms with Crippen molar-refractivity contribution in [3.8, 4) is 0 Å². The van der Waals surface area contributed by atoms with Crippen molar-refractivity contribution in [2.45, 2.75) is 45.7 Å². The van der Waals surface area contributed by atoms with Crippen LogP contribution >= 0.6 is 0 Å². The normalized spacial score (nSPS) is 15.7. The van der Waals surface area contributed by atoms with Crippen LogP contribution in [0, 0.1) is 5.92 Å². The molecule has 0 bridgehead atoms. The Bertz CT molecular complexity index is 464. The number of halogens is 3. The number of carbonyl (C=O) groups is 1. The second-order valence-electron chi connectivity index (χ2n) is 5.38. The highest BCUT2D eigenvalue weighted by molar-refractivity contribution is 5.83. The van der Waals surface area contributed by atoms with Crippen LogP contribution in [-0.2, 0) is 11.0 Å². The lowest BCUT2D eigenvalue weighted by Gasteiger charge is -2.16. The molecule has 1 aromatic rings. The molecule has 1 fully saturated rings. The van der Waals surface area contributed by atoms with Crippen molar-refractivity contribution in [2.75, 3.05) is 13.1 Å². The van der Waals surface area contributed by atoms with Crippen LogP contribution in [0.15, 0.2) is 24.3 Å². The number of hydrogen-bond acceptors (Lipinski definition) is 2. The third kappa shape index (κ3) is 5.79. The van der Waals surface area contributed by atoms with E-state index in [1.165, 1.54) is 31.9 Å². The molecule has 5 heteroatoms. The zero-order valence-corrected chi connectivity index (χ0v) is 13.3. The first-order valence-electron chi connectivity index (χ1n) is 7.76. The summed E-state index contributed by atoms with van der Waals surface area (Å²) in [7, 11) is 0. The smallest absolute Gasteiger partial charge is 0.315 e. The lowest BCUT2D eigenvalue weighted by Crippen LogP contribution is -2.27. The summed E-state index contributed by atoms with van der Waals surface area (Å²) < 4.78 is 37.5. The molecule has 124 valence electrons. The highest BCUT2D eigenvalue weighted by atomic mass is 19.4. The Morgan fingerprint density at radius 3 is 2.18 bits per heavy atom. The Balaban J connectivity index is 0.00000116. The number of carbonyl (C=O) groups excluding carboxylic acids is 1. The van der Waals surface area contributed by atoms with Crippen molar-refractivity contribution in [3.05, 3.63) is 35.4 Å². The zero-order chi connectivity index (χ0) is 16.8. The van der Waals surface area contributed by atoms with Crippen molar-refractivity contribution in [1.82, 2.24) is 5.32 Å². The highest BCUT2D eigenvalue weighted by Gasteiger charge is 2.30. The minimum Gasteiger partial charge on any atom is -0.315 e. The summed E-state index contributed by atoms with van der Waals surface area (Å²) in [5.41, 5.74) is -0.0525. The van der Waals surface area contributed by atoms with Gasteiger partial charge < -0.3 is 5.32 Å². The van der Waals surface area contributed by atoms with E-state index in [1.54, 1.807) is 0 Å². The number of hydrogen-bond donors (Lipinski definition) is 1. The van der Waals surface area contributed by atoms with Crippen molar-refractivity contribution >= 4 is 5.78 Å². The fourth-order valence-corrected chi connectivity index (χ4v) is 2.15. The minimum atomic E-state index is -4.34. The van der Waals surface area contributed by atoms with Gasteiger partial charge in [0.25, 0.3) is 0 Å². The molecule has 2 nitrogen and oxygen atoms in total. The Morgan fingerprint density at radius 1 is 1.23 bits per heavy atom. The fraction of sp³-hybridized carbons (Fsp3) is 0.588. The van der Waals surface area contributed by atoms with Gasteiger partial charge in [0.2, 0.25) is 0 Å². The van der Waals surface area contributed by atoms with Crippen LogP contribution in [0.25, 0.3) is 0 Å².